The van der Waals surface area contributed by atoms with Crippen LogP contribution in [0.25, 0.3) is 0 Å². The number of ketones is 1. The third-order valence-electron chi connectivity index (χ3n) is 3.11. The Morgan fingerprint density at radius 2 is 1.88 bits per heavy atom. The lowest BCUT2D eigenvalue weighted by molar-refractivity contribution is 0.0847. The summed E-state index contributed by atoms with van der Waals surface area (Å²) in [7, 11) is 1.63. The Morgan fingerprint density at radius 3 is 2.35 bits per heavy atom. The molecule has 0 bridgehead atoms. The van der Waals surface area contributed by atoms with E-state index in [0.717, 1.165) is 22.4 Å². The van der Waals surface area contributed by atoms with Crippen LogP contribution in [-0.4, -0.2) is 19.4 Å². The molecule has 0 saturated heterocycles. The van der Waals surface area contributed by atoms with Crippen LogP contribution in [0.3, 0.4) is 0 Å². The number of hydrogen-bond donors (Lipinski definition) is 1. The summed E-state index contributed by atoms with van der Waals surface area (Å²) in [6.45, 7) is 7.94. The van der Waals surface area contributed by atoms with Crippen molar-refractivity contribution in [3.8, 4) is 5.75 Å². The minimum atomic E-state index is -0.522. The van der Waals surface area contributed by atoms with Gasteiger partial charge < -0.3 is 10.5 Å². The molecular weight excluding hydrogens is 214 g/mol. The van der Waals surface area contributed by atoms with E-state index in [-0.39, 0.29) is 5.78 Å². The third kappa shape index (κ3) is 2.67. The minimum Gasteiger partial charge on any atom is -0.496 e. The largest absolute Gasteiger partial charge is 0.496 e. The van der Waals surface area contributed by atoms with Crippen molar-refractivity contribution >= 4 is 5.78 Å². The molecule has 0 aliphatic carbocycles. The van der Waals surface area contributed by atoms with Crippen LogP contribution in [0.15, 0.2) is 12.1 Å². The molecule has 2 N–H and O–H groups in total. The smallest absolute Gasteiger partial charge is 0.169 e. The fourth-order valence-corrected chi connectivity index (χ4v) is 1.71. The number of Topliss-reactive ketones (excluding diaryl/α,β-unsaturated/α-hetero) is 1. The molecule has 0 spiro atoms. The van der Waals surface area contributed by atoms with E-state index < -0.39 is 5.41 Å². The fraction of sp³-hybridized carbons (Fsp3) is 0.500. The molecule has 0 heterocycles. The second-order valence-corrected chi connectivity index (χ2v) is 5.05. The monoisotopic (exact) mass is 235 g/mol. The summed E-state index contributed by atoms with van der Waals surface area (Å²) < 4.78 is 5.24. The van der Waals surface area contributed by atoms with Gasteiger partial charge in [-0.15, -0.1) is 0 Å². The van der Waals surface area contributed by atoms with Gasteiger partial charge in [0.15, 0.2) is 5.78 Å². The average Bonchev–Trinajstić information content (AvgIpc) is 2.30. The minimum absolute atomic E-state index is 0.0863. The quantitative estimate of drug-likeness (QED) is 0.816. The molecule has 1 aromatic carbocycles. The van der Waals surface area contributed by atoms with Crippen molar-refractivity contribution in [3.05, 3.63) is 28.8 Å². The van der Waals surface area contributed by atoms with Crippen LogP contribution >= 0.6 is 0 Å². The molecular formula is C14H21NO2. The van der Waals surface area contributed by atoms with Gasteiger partial charge in [-0.1, -0.05) is 13.8 Å². The first-order valence-electron chi connectivity index (χ1n) is 5.73. The molecule has 0 radical (unpaired) electrons. The fourth-order valence-electron chi connectivity index (χ4n) is 1.71. The van der Waals surface area contributed by atoms with Crippen molar-refractivity contribution in [2.75, 3.05) is 13.7 Å². The lowest BCUT2D eigenvalue weighted by Gasteiger charge is -2.22. The van der Waals surface area contributed by atoms with Crippen molar-refractivity contribution in [3.63, 3.8) is 0 Å². The number of carbonyl (C=O) groups is 1. The number of rotatable bonds is 4. The molecule has 0 fully saturated rings. The molecule has 0 unspecified atom stereocenters. The standard InChI is InChI=1S/C14H21NO2/c1-9-7-12(17-5)10(2)6-11(9)13(16)14(3,4)8-15/h6-7H,8,15H2,1-5H3. The van der Waals surface area contributed by atoms with Crippen LogP contribution in [0, 0.1) is 19.3 Å². The Bertz CT molecular complexity index is 436. The topological polar surface area (TPSA) is 52.3 Å². The van der Waals surface area contributed by atoms with Crippen molar-refractivity contribution in [2.45, 2.75) is 27.7 Å². The van der Waals surface area contributed by atoms with Crippen LogP contribution < -0.4 is 10.5 Å². The number of methoxy groups -OCH3 is 1. The van der Waals surface area contributed by atoms with Gasteiger partial charge >= 0.3 is 0 Å². The Morgan fingerprint density at radius 1 is 1.29 bits per heavy atom. The highest BCUT2D eigenvalue weighted by Crippen LogP contribution is 2.27. The van der Waals surface area contributed by atoms with Gasteiger partial charge in [-0.25, -0.2) is 0 Å². The van der Waals surface area contributed by atoms with Crippen LogP contribution in [0.4, 0.5) is 0 Å². The molecule has 3 nitrogen and oxygen atoms in total. The van der Waals surface area contributed by atoms with Crippen LogP contribution in [0.2, 0.25) is 0 Å². The van der Waals surface area contributed by atoms with Gasteiger partial charge in [0.25, 0.3) is 0 Å². The van der Waals surface area contributed by atoms with Gasteiger partial charge in [0.1, 0.15) is 5.75 Å². The molecule has 0 aliphatic heterocycles. The zero-order valence-electron chi connectivity index (χ0n) is 11.3. The zero-order valence-corrected chi connectivity index (χ0v) is 11.3. The number of benzene rings is 1. The number of carbonyl (C=O) groups excluding carboxylic acids is 1. The summed E-state index contributed by atoms with van der Waals surface area (Å²) in [5.41, 5.74) is 7.75. The highest BCUT2D eigenvalue weighted by Gasteiger charge is 2.28. The molecule has 0 aliphatic rings. The third-order valence-corrected chi connectivity index (χ3v) is 3.11. The van der Waals surface area contributed by atoms with E-state index in [4.69, 9.17) is 10.5 Å². The van der Waals surface area contributed by atoms with Crippen molar-refractivity contribution in [1.82, 2.24) is 0 Å². The van der Waals surface area contributed by atoms with Gasteiger partial charge in [0.2, 0.25) is 0 Å². The summed E-state index contributed by atoms with van der Waals surface area (Å²) >= 11 is 0. The molecule has 3 heteroatoms. The first-order valence-corrected chi connectivity index (χ1v) is 5.73. The second kappa shape index (κ2) is 4.88. The highest BCUT2D eigenvalue weighted by atomic mass is 16.5. The number of aryl methyl sites for hydroxylation is 2. The zero-order chi connectivity index (χ0) is 13.2. The summed E-state index contributed by atoms with van der Waals surface area (Å²) in [6.07, 6.45) is 0. The second-order valence-electron chi connectivity index (χ2n) is 5.05. The van der Waals surface area contributed by atoms with Gasteiger partial charge in [-0.05, 0) is 37.1 Å². The number of ether oxygens (including phenoxy) is 1. The van der Waals surface area contributed by atoms with E-state index in [2.05, 4.69) is 0 Å². The van der Waals surface area contributed by atoms with Gasteiger partial charge in [0, 0.05) is 17.5 Å². The van der Waals surface area contributed by atoms with Gasteiger partial charge in [-0.3, -0.25) is 4.79 Å². The summed E-state index contributed by atoms with van der Waals surface area (Å²) in [5, 5.41) is 0. The van der Waals surface area contributed by atoms with E-state index in [0.29, 0.717) is 6.54 Å². The van der Waals surface area contributed by atoms with Crippen molar-refractivity contribution in [2.24, 2.45) is 11.1 Å². The molecule has 0 amide bonds. The number of hydrogen-bond acceptors (Lipinski definition) is 3. The van der Waals surface area contributed by atoms with Gasteiger partial charge in [0.05, 0.1) is 7.11 Å². The first kappa shape index (κ1) is 13.7. The van der Waals surface area contributed by atoms with Crippen molar-refractivity contribution < 1.29 is 9.53 Å². The van der Waals surface area contributed by atoms with E-state index in [1.807, 2.05) is 39.8 Å². The predicted molar refractivity (Wildman–Crippen MR) is 69.6 cm³/mol. The average molecular weight is 235 g/mol. The van der Waals surface area contributed by atoms with Gasteiger partial charge in [-0.2, -0.15) is 0 Å². The lowest BCUT2D eigenvalue weighted by Crippen LogP contribution is -2.33. The molecule has 1 rings (SSSR count). The van der Waals surface area contributed by atoms with E-state index in [1.54, 1.807) is 7.11 Å². The molecule has 17 heavy (non-hydrogen) atoms. The summed E-state index contributed by atoms with van der Waals surface area (Å²) in [6, 6.07) is 3.78. The number of nitrogens with two attached hydrogens (primary N) is 1. The predicted octanol–water partition coefficient (Wildman–Crippen LogP) is 2.48. The Balaban J connectivity index is 3.25. The summed E-state index contributed by atoms with van der Waals surface area (Å²) in [5.74, 6) is 0.896. The lowest BCUT2D eigenvalue weighted by atomic mass is 9.82. The van der Waals surface area contributed by atoms with Crippen LogP contribution in [0.5, 0.6) is 5.75 Å². The maximum atomic E-state index is 12.3. The molecule has 0 saturated carbocycles. The Kier molecular flexibility index (Phi) is 3.94. The highest BCUT2D eigenvalue weighted by molar-refractivity contribution is 6.01. The van der Waals surface area contributed by atoms with E-state index in [9.17, 15) is 4.79 Å². The van der Waals surface area contributed by atoms with Crippen LogP contribution in [0.1, 0.15) is 35.3 Å². The molecule has 94 valence electrons. The molecule has 0 aromatic heterocycles. The molecule has 1 aromatic rings. The molecule has 0 atom stereocenters. The maximum absolute atomic E-state index is 12.3. The SMILES string of the molecule is COc1cc(C)c(C(=O)C(C)(C)CN)cc1C. The summed E-state index contributed by atoms with van der Waals surface area (Å²) in [4.78, 5) is 12.3. The Hall–Kier alpha value is -1.35. The van der Waals surface area contributed by atoms with E-state index >= 15 is 0 Å². The Labute approximate surface area is 103 Å². The van der Waals surface area contributed by atoms with Crippen molar-refractivity contribution in [1.29, 1.82) is 0 Å². The van der Waals surface area contributed by atoms with E-state index in [1.165, 1.54) is 0 Å². The van der Waals surface area contributed by atoms with Crippen LogP contribution in [-0.2, 0) is 0 Å². The maximum Gasteiger partial charge on any atom is 0.169 e. The normalized spacial score (nSPS) is 11.4. The first-order chi connectivity index (χ1) is 7.83.